The Balaban J connectivity index is 2.13. The number of methoxy groups -OCH3 is 1. The fourth-order valence-electron chi connectivity index (χ4n) is 2.78. The molecule has 3 atom stereocenters. The number of nitrogens with zero attached hydrogens (tertiary/aromatic N) is 1. The summed E-state index contributed by atoms with van der Waals surface area (Å²) in [5.41, 5.74) is 0. The van der Waals surface area contributed by atoms with Gasteiger partial charge < -0.3 is 15.0 Å². The number of nitrogens with one attached hydrogen (secondary N) is 1. The van der Waals surface area contributed by atoms with Crippen molar-refractivity contribution in [1.29, 1.82) is 0 Å². The van der Waals surface area contributed by atoms with E-state index >= 15 is 0 Å². The molecule has 0 aromatic carbocycles. The lowest BCUT2D eigenvalue weighted by molar-refractivity contribution is 0.152. The highest BCUT2D eigenvalue weighted by atomic mass is 16.5. The molecule has 1 fully saturated rings. The molecule has 0 aromatic rings. The zero-order valence-corrected chi connectivity index (χ0v) is 12.0. The summed E-state index contributed by atoms with van der Waals surface area (Å²) >= 11 is 0. The summed E-state index contributed by atoms with van der Waals surface area (Å²) in [5.74, 6) is 0.913. The largest absolute Gasteiger partial charge is 0.383 e. The van der Waals surface area contributed by atoms with Crippen LogP contribution in [0.4, 0.5) is 0 Å². The van der Waals surface area contributed by atoms with Gasteiger partial charge in [0.15, 0.2) is 0 Å². The average Bonchev–Trinajstić information content (AvgIpc) is 2.29. The van der Waals surface area contributed by atoms with E-state index in [1.54, 1.807) is 7.11 Å². The SMILES string of the molecule is COCC(C)NCCN(C)C1CCCC(C)C1. The van der Waals surface area contributed by atoms with E-state index in [1.807, 2.05) is 0 Å². The number of rotatable bonds is 7. The highest BCUT2D eigenvalue weighted by Crippen LogP contribution is 2.26. The summed E-state index contributed by atoms with van der Waals surface area (Å²) in [6, 6.07) is 1.26. The van der Waals surface area contributed by atoms with Crippen molar-refractivity contribution >= 4 is 0 Å². The van der Waals surface area contributed by atoms with Crippen molar-refractivity contribution in [2.24, 2.45) is 5.92 Å². The van der Waals surface area contributed by atoms with Gasteiger partial charge in [0.2, 0.25) is 0 Å². The molecule has 0 aromatic heterocycles. The van der Waals surface area contributed by atoms with E-state index in [9.17, 15) is 0 Å². The zero-order valence-electron chi connectivity index (χ0n) is 12.0. The molecule has 3 nitrogen and oxygen atoms in total. The molecule has 1 saturated carbocycles. The van der Waals surface area contributed by atoms with Gasteiger partial charge in [-0.15, -0.1) is 0 Å². The first-order valence-electron chi connectivity index (χ1n) is 7.06. The van der Waals surface area contributed by atoms with Crippen molar-refractivity contribution in [1.82, 2.24) is 10.2 Å². The van der Waals surface area contributed by atoms with Crippen molar-refractivity contribution in [3.05, 3.63) is 0 Å². The Morgan fingerprint density at radius 2 is 2.18 bits per heavy atom. The van der Waals surface area contributed by atoms with Gasteiger partial charge in [-0.25, -0.2) is 0 Å². The monoisotopic (exact) mass is 242 g/mol. The smallest absolute Gasteiger partial charge is 0.0613 e. The molecule has 1 aliphatic carbocycles. The molecule has 1 N–H and O–H groups in total. The van der Waals surface area contributed by atoms with Gasteiger partial charge in [0.05, 0.1) is 6.61 Å². The van der Waals surface area contributed by atoms with Crippen LogP contribution >= 0.6 is 0 Å². The fourth-order valence-corrected chi connectivity index (χ4v) is 2.78. The van der Waals surface area contributed by atoms with Gasteiger partial charge in [-0.1, -0.05) is 19.8 Å². The third-order valence-electron chi connectivity index (χ3n) is 3.91. The van der Waals surface area contributed by atoms with E-state index < -0.39 is 0 Å². The van der Waals surface area contributed by atoms with Gasteiger partial charge >= 0.3 is 0 Å². The van der Waals surface area contributed by atoms with Gasteiger partial charge in [0.1, 0.15) is 0 Å². The maximum Gasteiger partial charge on any atom is 0.0613 e. The zero-order chi connectivity index (χ0) is 12.7. The van der Waals surface area contributed by atoms with Crippen molar-refractivity contribution < 1.29 is 4.74 Å². The Bertz CT molecular complexity index is 199. The molecule has 0 aliphatic heterocycles. The summed E-state index contributed by atoms with van der Waals surface area (Å²) in [5, 5.41) is 3.50. The topological polar surface area (TPSA) is 24.5 Å². The van der Waals surface area contributed by atoms with Crippen LogP contribution < -0.4 is 5.32 Å². The lowest BCUT2D eigenvalue weighted by atomic mass is 9.86. The minimum atomic E-state index is 0.457. The van der Waals surface area contributed by atoms with E-state index in [2.05, 4.69) is 31.1 Å². The Morgan fingerprint density at radius 3 is 2.82 bits per heavy atom. The lowest BCUT2D eigenvalue weighted by Gasteiger charge is -2.34. The molecule has 3 heteroatoms. The van der Waals surface area contributed by atoms with Crippen LogP contribution in [0.1, 0.15) is 39.5 Å². The van der Waals surface area contributed by atoms with E-state index in [0.717, 1.165) is 31.7 Å². The van der Waals surface area contributed by atoms with Gasteiger partial charge in [-0.3, -0.25) is 0 Å². The summed E-state index contributed by atoms with van der Waals surface area (Å²) in [6.45, 7) is 7.56. The van der Waals surface area contributed by atoms with Crippen LogP contribution in [0.3, 0.4) is 0 Å². The number of hydrogen-bond donors (Lipinski definition) is 1. The van der Waals surface area contributed by atoms with Gasteiger partial charge in [0.25, 0.3) is 0 Å². The molecule has 0 spiro atoms. The molecule has 102 valence electrons. The van der Waals surface area contributed by atoms with E-state index in [1.165, 1.54) is 25.7 Å². The summed E-state index contributed by atoms with van der Waals surface area (Å²) in [6.07, 6.45) is 5.59. The Kier molecular flexibility index (Phi) is 7.09. The third-order valence-corrected chi connectivity index (χ3v) is 3.91. The molecule has 1 aliphatic rings. The van der Waals surface area contributed by atoms with Crippen LogP contribution in [0.15, 0.2) is 0 Å². The lowest BCUT2D eigenvalue weighted by Crippen LogP contribution is -2.41. The molecule has 1 rings (SSSR count). The fraction of sp³-hybridized carbons (Fsp3) is 1.00. The summed E-state index contributed by atoms with van der Waals surface area (Å²) in [4.78, 5) is 2.53. The molecule has 0 radical (unpaired) electrons. The highest BCUT2D eigenvalue weighted by Gasteiger charge is 2.21. The molecular formula is C14H30N2O. The van der Waals surface area contributed by atoms with Crippen LogP contribution in [0.2, 0.25) is 0 Å². The van der Waals surface area contributed by atoms with Crippen molar-refractivity contribution in [3.63, 3.8) is 0 Å². The van der Waals surface area contributed by atoms with E-state index in [-0.39, 0.29) is 0 Å². The quantitative estimate of drug-likeness (QED) is 0.740. The average molecular weight is 242 g/mol. The first-order valence-corrected chi connectivity index (χ1v) is 7.06. The number of likely N-dealkylation sites (N-methyl/N-ethyl adjacent to an activating group) is 1. The summed E-state index contributed by atoms with van der Waals surface area (Å²) in [7, 11) is 4.03. The first-order chi connectivity index (χ1) is 8.13. The standard InChI is InChI=1S/C14H30N2O/c1-12-6-5-7-14(10-12)16(3)9-8-15-13(2)11-17-4/h12-15H,5-11H2,1-4H3. The number of hydrogen-bond acceptors (Lipinski definition) is 3. The first kappa shape index (κ1) is 14.9. The molecule has 0 heterocycles. The van der Waals surface area contributed by atoms with Gasteiger partial charge in [-0.2, -0.15) is 0 Å². The van der Waals surface area contributed by atoms with Gasteiger partial charge in [-0.05, 0) is 32.7 Å². The Labute approximate surface area is 107 Å². The van der Waals surface area contributed by atoms with Crippen LogP contribution in [0.5, 0.6) is 0 Å². The highest BCUT2D eigenvalue weighted by molar-refractivity contribution is 4.77. The molecule has 0 amide bonds. The van der Waals surface area contributed by atoms with Crippen molar-refractivity contribution in [2.45, 2.75) is 51.6 Å². The van der Waals surface area contributed by atoms with Crippen LogP contribution in [0, 0.1) is 5.92 Å². The molecule has 0 bridgehead atoms. The second-order valence-electron chi connectivity index (χ2n) is 5.72. The molecule has 0 saturated heterocycles. The minimum absolute atomic E-state index is 0.457. The second-order valence-corrected chi connectivity index (χ2v) is 5.72. The summed E-state index contributed by atoms with van der Waals surface area (Å²) < 4.78 is 5.12. The molecule has 3 unspecified atom stereocenters. The van der Waals surface area contributed by atoms with Crippen LogP contribution in [-0.4, -0.2) is 50.8 Å². The molecular weight excluding hydrogens is 212 g/mol. The second kappa shape index (κ2) is 8.06. The predicted octanol–water partition coefficient (Wildman–Crippen LogP) is 2.12. The number of ether oxygens (including phenoxy) is 1. The maximum atomic E-state index is 5.12. The maximum absolute atomic E-state index is 5.12. The van der Waals surface area contributed by atoms with E-state index in [0.29, 0.717) is 6.04 Å². The Morgan fingerprint density at radius 1 is 1.41 bits per heavy atom. The minimum Gasteiger partial charge on any atom is -0.383 e. The van der Waals surface area contributed by atoms with Crippen LogP contribution in [-0.2, 0) is 4.74 Å². The van der Waals surface area contributed by atoms with E-state index in [4.69, 9.17) is 4.74 Å². The van der Waals surface area contributed by atoms with Crippen molar-refractivity contribution in [3.8, 4) is 0 Å². The van der Waals surface area contributed by atoms with Crippen LogP contribution in [0.25, 0.3) is 0 Å². The van der Waals surface area contributed by atoms with Crippen molar-refractivity contribution in [2.75, 3.05) is 33.9 Å². The molecule has 17 heavy (non-hydrogen) atoms. The van der Waals surface area contributed by atoms with Gasteiger partial charge in [0, 0.05) is 32.3 Å². The predicted molar refractivity (Wildman–Crippen MR) is 73.4 cm³/mol. The normalized spacial score (nSPS) is 27.4. The third kappa shape index (κ3) is 5.84. The Hall–Kier alpha value is -0.120.